The fourth-order valence-corrected chi connectivity index (χ4v) is 3.09. The summed E-state index contributed by atoms with van der Waals surface area (Å²) in [4.78, 5) is 98.3. The maximum absolute atomic E-state index is 12.3. The van der Waals surface area contributed by atoms with Gasteiger partial charge in [-0.25, -0.2) is 9.80 Å². The minimum absolute atomic E-state index is 0.146. The van der Waals surface area contributed by atoms with Crippen molar-refractivity contribution in [2.24, 2.45) is 11.8 Å². The van der Waals surface area contributed by atoms with Crippen LogP contribution in [0, 0.1) is 11.8 Å². The third-order valence-electron chi connectivity index (χ3n) is 5.49. The minimum atomic E-state index is -1.46. The molecule has 16 nitrogen and oxygen atoms in total. The molecular formula is C20H26N4O12. The van der Waals surface area contributed by atoms with Gasteiger partial charge in [0.2, 0.25) is 23.6 Å². The molecule has 0 aromatic rings. The van der Waals surface area contributed by atoms with Crippen molar-refractivity contribution < 1.29 is 58.0 Å². The average Bonchev–Trinajstić information content (AvgIpc) is 2.80. The Balaban J connectivity index is 1.79. The molecule has 36 heavy (non-hydrogen) atoms. The summed E-state index contributed by atoms with van der Waals surface area (Å²) >= 11 is 0. The molecule has 198 valence electrons. The Kier molecular flexibility index (Phi) is 9.57. The van der Waals surface area contributed by atoms with Crippen LogP contribution in [0.3, 0.4) is 0 Å². The Morgan fingerprint density at radius 3 is 1.19 bits per heavy atom. The number of nitrogens with zero attached hydrogens (tertiary/aromatic N) is 4. The summed E-state index contributed by atoms with van der Waals surface area (Å²) < 4.78 is 9.45. The second-order valence-electron chi connectivity index (χ2n) is 8.16. The Morgan fingerprint density at radius 1 is 0.667 bits per heavy atom. The van der Waals surface area contributed by atoms with Gasteiger partial charge in [-0.15, -0.1) is 0 Å². The predicted octanol–water partition coefficient (Wildman–Crippen LogP) is -3.23. The van der Waals surface area contributed by atoms with Crippen molar-refractivity contribution in [2.75, 3.05) is 52.7 Å². The van der Waals surface area contributed by atoms with E-state index in [2.05, 4.69) is 0 Å². The summed E-state index contributed by atoms with van der Waals surface area (Å²) in [7, 11) is 0. The molecule has 2 aliphatic rings. The van der Waals surface area contributed by atoms with Crippen molar-refractivity contribution in [1.29, 1.82) is 0 Å². The SMILES string of the molecule is CC(C(=O)O)C(=O)OCN1C(=O)CN(CCN2CC(=O)N(COC(=O)C(C)C(=O)O)C(=O)C2)CC1=O. The largest absolute Gasteiger partial charge is 0.481 e. The van der Waals surface area contributed by atoms with Crippen LogP contribution in [0.25, 0.3) is 0 Å². The van der Waals surface area contributed by atoms with Gasteiger partial charge in [0.05, 0.1) is 26.2 Å². The maximum atomic E-state index is 12.3. The van der Waals surface area contributed by atoms with Crippen molar-refractivity contribution in [3.63, 3.8) is 0 Å². The molecule has 2 heterocycles. The molecule has 2 fully saturated rings. The van der Waals surface area contributed by atoms with E-state index in [0.29, 0.717) is 9.80 Å². The van der Waals surface area contributed by atoms with E-state index in [4.69, 9.17) is 19.7 Å². The highest BCUT2D eigenvalue weighted by atomic mass is 16.6. The molecule has 0 radical (unpaired) electrons. The molecule has 4 amide bonds. The molecule has 2 atom stereocenters. The number of carboxylic acid groups (broad SMARTS) is 2. The summed E-state index contributed by atoms with van der Waals surface area (Å²) in [6.45, 7) is 0.247. The van der Waals surface area contributed by atoms with Crippen LogP contribution < -0.4 is 0 Å². The second kappa shape index (κ2) is 12.2. The first-order valence-electron chi connectivity index (χ1n) is 10.7. The zero-order valence-electron chi connectivity index (χ0n) is 19.6. The second-order valence-corrected chi connectivity index (χ2v) is 8.16. The average molecular weight is 514 g/mol. The normalized spacial score (nSPS) is 19.2. The number of aliphatic carboxylic acids is 2. The van der Waals surface area contributed by atoms with E-state index in [1.807, 2.05) is 0 Å². The zero-order valence-corrected chi connectivity index (χ0v) is 19.6. The van der Waals surface area contributed by atoms with Gasteiger partial charge in [-0.1, -0.05) is 0 Å². The molecule has 2 rings (SSSR count). The molecule has 16 heteroatoms. The van der Waals surface area contributed by atoms with E-state index >= 15 is 0 Å². The van der Waals surface area contributed by atoms with Crippen LogP contribution in [0.2, 0.25) is 0 Å². The van der Waals surface area contributed by atoms with E-state index < -0.39 is 72.8 Å². The van der Waals surface area contributed by atoms with Crippen molar-refractivity contribution >= 4 is 47.5 Å². The molecule has 2 saturated heterocycles. The maximum Gasteiger partial charge on any atom is 0.321 e. The summed E-state index contributed by atoms with van der Waals surface area (Å²) in [5, 5.41) is 17.6. The van der Waals surface area contributed by atoms with Crippen LogP contribution in [0.5, 0.6) is 0 Å². The van der Waals surface area contributed by atoms with Crippen molar-refractivity contribution in [1.82, 2.24) is 19.6 Å². The van der Waals surface area contributed by atoms with Crippen LogP contribution >= 0.6 is 0 Å². The predicted molar refractivity (Wildman–Crippen MR) is 112 cm³/mol. The van der Waals surface area contributed by atoms with Crippen LogP contribution in [-0.2, 0) is 47.8 Å². The Hall–Kier alpha value is -3.92. The molecule has 0 saturated carbocycles. The van der Waals surface area contributed by atoms with Gasteiger partial charge in [0.15, 0.2) is 25.3 Å². The first-order valence-corrected chi connectivity index (χ1v) is 10.7. The molecule has 0 aliphatic carbocycles. The van der Waals surface area contributed by atoms with Crippen LogP contribution in [-0.4, -0.2) is 130 Å². The molecule has 2 aliphatic heterocycles. The van der Waals surface area contributed by atoms with Gasteiger partial charge in [-0.2, -0.15) is 0 Å². The molecule has 0 spiro atoms. The highest BCUT2D eigenvalue weighted by Gasteiger charge is 2.35. The number of ether oxygens (including phenoxy) is 2. The van der Waals surface area contributed by atoms with Gasteiger partial charge in [0.1, 0.15) is 0 Å². The molecule has 0 aromatic carbocycles. The third kappa shape index (κ3) is 7.29. The third-order valence-corrected chi connectivity index (χ3v) is 5.49. The van der Waals surface area contributed by atoms with E-state index in [9.17, 15) is 38.4 Å². The quantitative estimate of drug-likeness (QED) is 0.158. The van der Waals surface area contributed by atoms with Gasteiger partial charge in [-0.05, 0) is 13.8 Å². The summed E-state index contributed by atoms with van der Waals surface area (Å²) in [6.07, 6.45) is 0. The summed E-state index contributed by atoms with van der Waals surface area (Å²) in [6, 6.07) is 0. The number of hydrogen-bond donors (Lipinski definition) is 2. The number of piperazine rings is 2. The first-order chi connectivity index (χ1) is 16.8. The number of rotatable bonds is 11. The highest BCUT2D eigenvalue weighted by molar-refractivity contribution is 6.00. The van der Waals surface area contributed by atoms with Crippen LogP contribution in [0.1, 0.15) is 13.8 Å². The van der Waals surface area contributed by atoms with Gasteiger partial charge in [0, 0.05) is 13.1 Å². The number of hydrogen-bond acceptors (Lipinski definition) is 12. The van der Waals surface area contributed by atoms with Crippen molar-refractivity contribution in [2.45, 2.75) is 13.8 Å². The molecule has 2 unspecified atom stereocenters. The first kappa shape index (κ1) is 28.3. The highest BCUT2D eigenvalue weighted by Crippen LogP contribution is 2.10. The lowest BCUT2D eigenvalue weighted by molar-refractivity contribution is -0.171. The fourth-order valence-electron chi connectivity index (χ4n) is 3.09. The van der Waals surface area contributed by atoms with E-state index in [1.54, 1.807) is 0 Å². The molecule has 2 N–H and O–H groups in total. The van der Waals surface area contributed by atoms with Gasteiger partial charge in [-0.3, -0.25) is 48.2 Å². The van der Waals surface area contributed by atoms with Gasteiger partial charge in [0.25, 0.3) is 0 Å². The number of imide groups is 2. The Labute approximate surface area is 204 Å². The van der Waals surface area contributed by atoms with Gasteiger partial charge < -0.3 is 19.7 Å². The molecule has 0 bridgehead atoms. The van der Waals surface area contributed by atoms with E-state index in [1.165, 1.54) is 9.80 Å². The van der Waals surface area contributed by atoms with Crippen LogP contribution in [0.15, 0.2) is 0 Å². The number of carbonyl (C=O) groups is 8. The Bertz CT molecular complexity index is 854. The minimum Gasteiger partial charge on any atom is -0.481 e. The number of amides is 4. The fraction of sp³-hybridized carbons (Fsp3) is 0.600. The number of esters is 2. The standard InChI is InChI=1S/C20H26N4O12/c1-11(17(29)30)19(33)35-9-23-13(25)5-21(6-14(23)26)3-4-22-7-15(27)24(16(28)8-22)10-36-20(34)12(2)18(31)32/h11-12H,3-10H2,1-2H3,(H,29,30)(H,31,32). The van der Waals surface area contributed by atoms with Crippen LogP contribution in [0.4, 0.5) is 0 Å². The number of carbonyl (C=O) groups excluding carboxylic acids is 6. The van der Waals surface area contributed by atoms with Crippen molar-refractivity contribution in [3.05, 3.63) is 0 Å². The summed E-state index contributed by atoms with van der Waals surface area (Å²) in [5.74, 6) is -10.6. The lowest BCUT2D eigenvalue weighted by Gasteiger charge is -2.35. The summed E-state index contributed by atoms with van der Waals surface area (Å²) in [5.41, 5.74) is 0. The lowest BCUT2D eigenvalue weighted by Crippen LogP contribution is -2.58. The van der Waals surface area contributed by atoms with E-state index in [-0.39, 0.29) is 39.3 Å². The van der Waals surface area contributed by atoms with Gasteiger partial charge >= 0.3 is 23.9 Å². The lowest BCUT2D eigenvalue weighted by atomic mass is 10.2. The van der Waals surface area contributed by atoms with E-state index in [0.717, 1.165) is 13.8 Å². The molecular weight excluding hydrogens is 488 g/mol. The Morgan fingerprint density at radius 2 is 0.944 bits per heavy atom. The van der Waals surface area contributed by atoms with Crippen molar-refractivity contribution in [3.8, 4) is 0 Å². The topological polar surface area (TPSA) is 208 Å². The smallest absolute Gasteiger partial charge is 0.321 e. The number of carboxylic acids is 2. The zero-order chi connectivity index (χ0) is 27.2. The monoisotopic (exact) mass is 514 g/mol. The molecule has 0 aromatic heterocycles.